The second kappa shape index (κ2) is 5.03. The molecule has 0 saturated carbocycles. The van der Waals surface area contributed by atoms with Gasteiger partial charge in [-0.3, -0.25) is 0 Å². The highest BCUT2D eigenvalue weighted by Crippen LogP contribution is 2.25. The minimum atomic E-state index is -4.66. The van der Waals surface area contributed by atoms with Gasteiger partial charge < -0.3 is 4.74 Å². The van der Waals surface area contributed by atoms with E-state index in [1.54, 1.807) is 12.1 Å². The van der Waals surface area contributed by atoms with Crippen LogP contribution in [0.1, 0.15) is 5.56 Å². The molecule has 82 valence electrons. The number of hydrogen-bond donors (Lipinski definition) is 0. The van der Waals surface area contributed by atoms with E-state index >= 15 is 0 Å². The fraction of sp³-hybridized carbons (Fsp3) is 0.111. The van der Waals surface area contributed by atoms with Gasteiger partial charge in [-0.2, -0.15) is 0 Å². The summed E-state index contributed by atoms with van der Waals surface area (Å²) in [5.74, 6) is -0.238. The van der Waals surface area contributed by atoms with Crippen LogP contribution in [0, 0.1) is 0 Å². The van der Waals surface area contributed by atoms with Gasteiger partial charge >= 0.3 is 6.36 Å². The van der Waals surface area contributed by atoms with Gasteiger partial charge in [-0.15, -0.1) is 13.2 Å². The zero-order chi connectivity index (χ0) is 11.5. The Hall–Kier alpha value is -0.490. The van der Waals surface area contributed by atoms with Crippen LogP contribution < -0.4 is 4.74 Å². The van der Waals surface area contributed by atoms with Crippen molar-refractivity contribution in [1.29, 1.82) is 0 Å². The molecule has 0 aliphatic heterocycles. The van der Waals surface area contributed by atoms with Crippen molar-refractivity contribution < 1.29 is 17.9 Å². The molecule has 0 atom stereocenters. The highest BCUT2D eigenvalue weighted by atomic mass is 79.9. The predicted molar refractivity (Wildman–Crippen MR) is 59.0 cm³/mol. The lowest BCUT2D eigenvalue weighted by atomic mass is 10.2. The van der Waals surface area contributed by atoms with Gasteiger partial charge in [0.15, 0.2) is 0 Å². The molecule has 0 heterocycles. The maximum absolute atomic E-state index is 11.9. The third kappa shape index (κ3) is 5.22. The molecule has 0 N–H and O–H groups in total. The van der Waals surface area contributed by atoms with E-state index in [-0.39, 0.29) is 5.75 Å². The van der Waals surface area contributed by atoms with Gasteiger partial charge in [-0.25, -0.2) is 0 Å². The normalized spacial score (nSPS) is 11.0. The molecule has 0 fully saturated rings. The van der Waals surface area contributed by atoms with Crippen molar-refractivity contribution in [1.82, 2.24) is 0 Å². The molecule has 0 aromatic heterocycles. The van der Waals surface area contributed by atoms with E-state index in [4.69, 9.17) is 0 Å². The third-order valence-corrected chi connectivity index (χ3v) is 1.83. The molecule has 1 nitrogen and oxygen atoms in total. The summed E-state index contributed by atoms with van der Waals surface area (Å²) >= 11 is 6.22. The van der Waals surface area contributed by atoms with Gasteiger partial charge in [0, 0.05) is 0 Å². The second-order valence-electron chi connectivity index (χ2n) is 2.55. The topological polar surface area (TPSA) is 9.23 Å². The number of halogens is 5. The molecule has 0 aliphatic rings. The molecular formula is C9H5Br2F3O. The van der Waals surface area contributed by atoms with Crippen LogP contribution in [0.4, 0.5) is 13.2 Å². The van der Waals surface area contributed by atoms with E-state index < -0.39 is 6.36 Å². The quantitative estimate of drug-likeness (QED) is 0.756. The fourth-order valence-corrected chi connectivity index (χ4v) is 1.46. The summed E-state index contributed by atoms with van der Waals surface area (Å²) in [6.07, 6.45) is -3.04. The Bertz CT molecular complexity index is 370. The summed E-state index contributed by atoms with van der Waals surface area (Å²) in [4.78, 5) is 0. The average molecular weight is 346 g/mol. The first-order valence-corrected chi connectivity index (χ1v) is 5.34. The van der Waals surface area contributed by atoms with Crippen LogP contribution in [0.15, 0.2) is 27.7 Å². The molecule has 1 aromatic rings. The van der Waals surface area contributed by atoms with Gasteiger partial charge in [0.25, 0.3) is 0 Å². The number of hydrogen-bond acceptors (Lipinski definition) is 1. The standard InChI is InChI=1S/C9H5Br2F3O/c10-8(11)5-6-2-1-3-7(4-6)15-9(12,13)14/h1-5H. The van der Waals surface area contributed by atoms with Crippen LogP contribution in [0.2, 0.25) is 0 Å². The highest BCUT2D eigenvalue weighted by Gasteiger charge is 2.30. The Kier molecular flexibility index (Phi) is 4.21. The van der Waals surface area contributed by atoms with E-state index in [1.165, 1.54) is 18.2 Å². The van der Waals surface area contributed by atoms with Crippen LogP contribution in [0.3, 0.4) is 0 Å². The molecule has 0 unspecified atom stereocenters. The molecule has 1 rings (SSSR count). The lowest BCUT2D eigenvalue weighted by Crippen LogP contribution is -2.17. The Morgan fingerprint density at radius 3 is 2.47 bits per heavy atom. The third-order valence-electron chi connectivity index (χ3n) is 1.37. The van der Waals surface area contributed by atoms with Crippen molar-refractivity contribution in [3.8, 4) is 5.75 Å². The Morgan fingerprint density at radius 2 is 1.93 bits per heavy atom. The average Bonchev–Trinajstić information content (AvgIpc) is 1.99. The van der Waals surface area contributed by atoms with Crippen molar-refractivity contribution in [2.24, 2.45) is 0 Å². The number of alkyl halides is 3. The smallest absolute Gasteiger partial charge is 0.406 e. The summed E-state index contributed by atoms with van der Waals surface area (Å²) in [6.45, 7) is 0. The van der Waals surface area contributed by atoms with Gasteiger partial charge in [0.2, 0.25) is 0 Å². The molecule has 0 aliphatic carbocycles. The monoisotopic (exact) mass is 344 g/mol. The van der Waals surface area contributed by atoms with Gasteiger partial charge in [-0.1, -0.05) is 12.1 Å². The maximum atomic E-state index is 11.9. The summed E-state index contributed by atoms with van der Waals surface area (Å²) < 4.78 is 40.0. The van der Waals surface area contributed by atoms with Crippen molar-refractivity contribution in [3.05, 3.63) is 33.2 Å². The van der Waals surface area contributed by atoms with Gasteiger partial charge in [-0.05, 0) is 55.6 Å². The second-order valence-corrected chi connectivity index (χ2v) is 5.33. The lowest BCUT2D eigenvalue weighted by Gasteiger charge is -2.08. The van der Waals surface area contributed by atoms with E-state index in [9.17, 15) is 13.2 Å². The van der Waals surface area contributed by atoms with E-state index in [0.29, 0.717) is 8.96 Å². The molecular weight excluding hydrogens is 341 g/mol. The Morgan fingerprint density at radius 1 is 1.27 bits per heavy atom. The van der Waals surface area contributed by atoms with Gasteiger partial charge in [0.05, 0.1) is 3.39 Å². The molecule has 0 saturated heterocycles. The molecule has 0 bridgehead atoms. The SMILES string of the molecule is FC(F)(F)Oc1cccc(C=C(Br)Br)c1. The van der Waals surface area contributed by atoms with Crippen LogP contribution >= 0.6 is 31.9 Å². The lowest BCUT2D eigenvalue weighted by molar-refractivity contribution is -0.274. The van der Waals surface area contributed by atoms with Crippen molar-refractivity contribution in [2.45, 2.75) is 6.36 Å². The minimum absolute atomic E-state index is 0.238. The fourth-order valence-electron chi connectivity index (χ4n) is 0.927. The molecule has 15 heavy (non-hydrogen) atoms. The molecule has 1 aromatic carbocycles. The zero-order valence-corrected chi connectivity index (χ0v) is 10.4. The molecule has 0 radical (unpaired) electrons. The first-order valence-electron chi connectivity index (χ1n) is 3.75. The number of benzene rings is 1. The van der Waals surface area contributed by atoms with Crippen molar-refractivity contribution >= 4 is 37.9 Å². The van der Waals surface area contributed by atoms with E-state index in [0.717, 1.165) is 0 Å². The molecule has 0 spiro atoms. The Labute approximate surface area is 101 Å². The number of rotatable bonds is 2. The summed E-state index contributed by atoms with van der Waals surface area (Å²) in [5.41, 5.74) is 0.598. The van der Waals surface area contributed by atoms with Crippen LogP contribution in [-0.2, 0) is 0 Å². The van der Waals surface area contributed by atoms with Crippen molar-refractivity contribution in [3.63, 3.8) is 0 Å². The first-order chi connectivity index (χ1) is 6.87. The van der Waals surface area contributed by atoms with E-state index in [1.807, 2.05) is 0 Å². The first kappa shape index (κ1) is 12.6. The maximum Gasteiger partial charge on any atom is 0.573 e. The predicted octanol–water partition coefficient (Wildman–Crippen LogP) is 4.67. The van der Waals surface area contributed by atoms with Crippen LogP contribution in [-0.4, -0.2) is 6.36 Å². The zero-order valence-electron chi connectivity index (χ0n) is 7.18. The summed E-state index contributed by atoms with van der Waals surface area (Å²) in [6, 6.07) is 5.67. The largest absolute Gasteiger partial charge is 0.573 e. The van der Waals surface area contributed by atoms with Crippen molar-refractivity contribution in [2.75, 3.05) is 0 Å². The summed E-state index contributed by atoms with van der Waals surface area (Å²) in [7, 11) is 0. The number of ether oxygens (including phenoxy) is 1. The van der Waals surface area contributed by atoms with Crippen LogP contribution in [0.5, 0.6) is 5.75 Å². The summed E-state index contributed by atoms with van der Waals surface area (Å²) in [5, 5.41) is 0. The Balaban J connectivity index is 2.88. The van der Waals surface area contributed by atoms with Gasteiger partial charge in [0.1, 0.15) is 5.75 Å². The minimum Gasteiger partial charge on any atom is -0.406 e. The van der Waals surface area contributed by atoms with Crippen LogP contribution in [0.25, 0.3) is 6.08 Å². The molecule has 6 heteroatoms. The highest BCUT2D eigenvalue weighted by molar-refractivity contribution is 9.28. The van der Waals surface area contributed by atoms with E-state index in [2.05, 4.69) is 36.6 Å². The molecule has 0 amide bonds.